The van der Waals surface area contributed by atoms with Crippen molar-refractivity contribution in [2.24, 2.45) is 5.10 Å². The van der Waals surface area contributed by atoms with Crippen molar-refractivity contribution in [3.8, 4) is 0 Å². The monoisotopic (exact) mass is 324 g/mol. The van der Waals surface area contributed by atoms with Crippen LogP contribution in [0.15, 0.2) is 33.8 Å². The van der Waals surface area contributed by atoms with Crippen LogP contribution >= 0.6 is 23.2 Å². The van der Waals surface area contributed by atoms with Gasteiger partial charge in [0.05, 0.1) is 16.3 Å². The Balaban J connectivity index is 2.17. The first-order chi connectivity index (χ1) is 9.88. The molecule has 1 heterocycles. The van der Waals surface area contributed by atoms with Crippen LogP contribution in [0.4, 0.5) is 0 Å². The molecule has 0 aliphatic carbocycles. The first-order valence-corrected chi connectivity index (χ1v) is 7.01. The van der Waals surface area contributed by atoms with Crippen molar-refractivity contribution in [1.29, 1.82) is 0 Å². The number of hydrazone groups is 1. The Morgan fingerprint density at radius 3 is 2.48 bits per heavy atom. The molecule has 0 aliphatic heterocycles. The first-order valence-electron chi connectivity index (χ1n) is 6.25. The maximum absolute atomic E-state index is 12.0. The Labute approximate surface area is 132 Å². The van der Waals surface area contributed by atoms with Crippen molar-refractivity contribution >= 4 is 34.8 Å². The summed E-state index contributed by atoms with van der Waals surface area (Å²) >= 11 is 11.9. The van der Waals surface area contributed by atoms with E-state index in [-0.39, 0.29) is 5.91 Å². The molecule has 21 heavy (non-hydrogen) atoms. The minimum absolute atomic E-state index is 0.325. The van der Waals surface area contributed by atoms with E-state index < -0.39 is 0 Å². The highest BCUT2D eigenvalue weighted by atomic mass is 35.5. The van der Waals surface area contributed by atoms with Crippen molar-refractivity contribution in [2.75, 3.05) is 0 Å². The van der Waals surface area contributed by atoms with Crippen LogP contribution in [-0.4, -0.2) is 11.6 Å². The molecular weight excluding hydrogens is 311 g/mol. The lowest BCUT2D eigenvalue weighted by Gasteiger charge is -2.05. The van der Waals surface area contributed by atoms with E-state index in [0.717, 1.165) is 0 Å². The number of amides is 1. The van der Waals surface area contributed by atoms with Gasteiger partial charge >= 0.3 is 0 Å². The lowest BCUT2D eigenvalue weighted by atomic mass is 10.1. The van der Waals surface area contributed by atoms with Gasteiger partial charge in [-0.3, -0.25) is 4.79 Å². The third-order valence-electron chi connectivity index (χ3n) is 2.93. The largest absolute Gasteiger partial charge is 0.466 e. The maximum atomic E-state index is 12.0. The summed E-state index contributed by atoms with van der Waals surface area (Å²) in [4.78, 5) is 12.0. The molecule has 4 nitrogen and oxygen atoms in total. The van der Waals surface area contributed by atoms with E-state index in [1.54, 1.807) is 45.0 Å². The van der Waals surface area contributed by atoms with Crippen LogP contribution in [0, 0.1) is 13.8 Å². The molecule has 1 amide bonds. The van der Waals surface area contributed by atoms with Gasteiger partial charge in [0.15, 0.2) is 0 Å². The minimum atomic E-state index is -0.325. The van der Waals surface area contributed by atoms with E-state index in [9.17, 15) is 4.79 Å². The molecule has 0 saturated heterocycles. The van der Waals surface area contributed by atoms with E-state index in [1.807, 2.05) is 0 Å². The van der Waals surface area contributed by atoms with E-state index in [2.05, 4.69) is 10.5 Å². The zero-order valence-electron chi connectivity index (χ0n) is 11.8. The second kappa shape index (κ2) is 6.33. The van der Waals surface area contributed by atoms with Gasteiger partial charge in [-0.2, -0.15) is 5.10 Å². The standard InChI is InChI=1S/C15H14Cl2N2O2/c1-8-6-13(10(3)21-8)15(20)19-18-9(2)12-5-4-11(16)7-14(12)17/h4-7H,1-3H3,(H,19,20)/b18-9+. The van der Waals surface area contributed by atoms with Gasteiger partial charge in [-0.05, 0) is 39.0 Å². The van der Waals surface area contributed by atoms with Crippen LogP contribution < -0.4 is 5.43 Å². The number of hydrogen-bond donors (Lipinski definition) is 1. The van der Waals surface area contributed by atoms with Gasteiger partial charge in [0.2, 0.25) is 0 Å². The van der Waals surface area contributed by atoms with Crippen LogP contribution in [0.5, 0.6) is 0 Å². The number of carbonyl (C=O) groups is 1. The molecule has 0 unspecified atom stereocenters. The average molecular weight is 325 g/mol. The van der Waals surface area contributed by atoms with Gasteiger partial charge in [-0.1, -0.05) is 29.3 Å². The number of carbonyl (C=O) groups excluding carboxylic acids is 1. The van der Waals surface area contributed by atoms with Crippen molar-refractivity contribution in [3.63, 3.8) is 0 Å². The molecule has 0 bridgehead atoms. The molecule has 1 N–H and O–H groups in total. The summed E-state index contributed by atoms with van der Waals surface area (Å²) in [7, 11) is 0. The van der Waals surface area contributed by atoms with Crippen LogP contribution in [0.2, 0.25) is 10.0 Å². The van der Waals surface area contributed by atoms with Gasteiger partial charge in [-0.15, -0.1) is 0 Å². The molecule has 1 aromatic heterocycles. The normalized spacial score (nSPS) is 11.6. The second-order valence-electron chi connectivity index (χ2n) is 4.59. The molecule has 0 fully saturated rings. The number of nitrogens with zero attached hydrogens (tertiary/aromatic N) is 1. The van der Waals surface area contributed by atoms with E-state index in [4.69, 9.17) is 27.6 Å². The predicted octanol–water partition coefficient (Wildman–Crippen LogP) is 4.36. The topological polar surface area (TPSA) is 54.6 Å². The van der Waals surface area contributed by atoms with Gasteiger partial charge in [-0.25, -0.2) is 5.43 Å². The minimum Gasteiger partial charge on any atom is -0.466 e. The van der Waals surface area contributed by atoms with Crippen LogP contribution in [0.1, 0.15) is 34.4 Å². The summed E-state index contributed by atoms with van der Waals surface area (Å²) in [6.45, 7) is 5.27. The van der Waals surface area contributed by atoms with E-state index in [0.29, 0.717) is 38.4 Å². The van der Waals surface area contributed by atoms with Crippen molar-refractivity contribution < 1.29 is 9.21 Å². The predicted molar refractivity (Wildman–Crippen MR) is 84.3 cm³/mol. The third-order valence-corrected chi connectivity index (χ3v) is 3.48. The van der Waals surface area contributed by atoms with Gasteiger partial charge in [0, 0.05) is 10.6 Å². The van der Waals surface area contributed by atoms with Crippen LogP contribution in [-0.2, 0) is 0 Å². The number of furan rings is 1. The summed E-state index contributed by atoms with van der Waals surface area (Å²) in [6.07, 6.45) is 0. The highest BCUT2D eigenvalue weighted by Crippen LogP contribution is 2.21. The van der Waals surface area contributed by atoms with Gasteiger partial charge in [0.25, 0.3) is 5.91 Å². The average Bonchev–Trinajstić information content (AvgIpc) is 2.74. The highest BCUT2D eigenvalue weighted by molar-refractivity contribution is 6.37. The highest BCUT2D eigenvalue weighted by Gasteiger charge is 2.13. The lowest BCUT2D eigenvalue weighted by molar-refractivity contribution is 0.0953. The van der Waals surface area contributed by atoms with E-state index >= 15 is 0 Å². The molecule has 0 aliphatic rings. The smallest absolute Gasteiger partial charge is 0.274 e. The Morgan fingerprint density at radius 2 is 1.90 bits per heavy atom. The van der Waals surface area contributed by atoms with Crippen LogP contribution in [0.3, 0.4) is 0 Å². The number of halogens is 2. The van der Waals surface area contributed by atoms with Gasteiger partial charge < -0.3 is 4.42 Å². The lowest BCUT2D eigenvalue weighted by Crippen LogP contribution is -2.19. The molecule has 2 aromatic rings. The Hall–Kier alpha value is -1.78. The second-order valence-corrected chi connectivity index (χ2v) is 5.43. The molecule has 0 saturated carbocycles. The molecule has 0 atom stereocenters. The number of rotatable bonds is 3. The van der Waals surface area contributed by atoms with Crippen LogP contribution in [0.25, 0.3) is 0 Å². The summed E-state index contributed by atoms with van der Waals surface area (Å²) in [5.74, 6) is 0.912. The van der Waals surface area contributed by atoms with E-state index in [1.165, 1.54) is 0 Å². The molecule has 0 spiro atoms. The van der Waals surface area contributed by atoms with Crippen molar-refractivity contribution in [2.45, 2.75) is 20.8 Å². The molecular formula is C15H14Cl2N2O2. The SMILES string of the molecule is C/C(=N\NC(=O)c1cc(C)oc1C)c1ccc(Cl)cc1Cl. The molecule has 6 heteroatoms. The number of aryl methyl sites for hydroxylation is 2. The number of hydrogen-bond acceptors (Lipinski definition) is 3. The summed E-state index contributed by atoms with van der Waals surface area (Å²) in [5, 5.41) is 5.09. The Morgan fingerprint density at radius 1 is 1.19 bits per heavy atom. The summed E-state index contributed by atoms with van der Waals surface area (Å²) < 4.78 is 5.31. The molecule has 1 aromatic carbocycles. The number of nitrogens with one attached hydrogen (secondary N) is 1. The zero-order chi connectivity index (χ0) is 15.6. The fraction of sp³-hybridized carbons (Fsp3) is 0.200. The third kappa shape index (κ3) is 3.65. The Kier molecular flexibility index (Phi) is 4.70. The Bertz CT molecular complexity index is 720. The van der Waals surface area contributed by atoms with Crippen molar-refractivity contribution in [1.82, 2.24) is 5.43 Å². The molecule has 2 rings (SSSR count). The fourth-order valence-electron chi connectivity index (χ4n) is 1.89. The fourth-order valence-corrected chi connectivity index (χ4v) is 2.44. The first kappa shape index (κ1) is 15.6. The summed E-state index contributed by atoms with van der Waals surface area (Å²) in [5.41, 5.74) is 4.25. The van der Waals surface area contributed by atoms with Crippen molar-refractivity contribution in [3.05, 3.63) is 57.0 Å². The molecule has 110 valence electrons. The van der Waals surface area contributed by atoms with Gasteiger partial charge in [0.1, 0.15) is 11.5 Å². The zero-order valence-corrected chi connectivity index (χ0v) is 13.3. The summed E-state index contributed by atoms with van der Waals surface area (Å²) in [6, 6.07) is 6.77. The maximum Gasteiger partial charge on any atom is 0.274 e. The quantitative estimate of drug-likeness (QED) is 0.673. The number of benzene rings is 1. The molecule has 0 radical (unpaired) electrons.